The molecule has 0 rings (SSSR count). The van der Waals surface area contributed by atoms with Crippen LogP contribution >= 0.6 is 47.2 Å². The monoisotopic (exact) mass is 486 g/mol. The molecule has 0 aromatic rings. The summed E-state index contributed by atoms with van der Waals surface area (Å²) in [6, 6.07) is 0. The fraction of sp³-hybridized carbons (Fsp3) is 1.00. The van der Waals surface area contributed by atoms with Crippen molar-refractivity contribution in [1.82, 2.24) is 8.61 Å². The maximum absolute atomic E-state index is 2.72. The minimum absolute atomic E-state index is 0.805. The Morgan fingerprint density at radius 1 is 0.647 bits per heavy atom. The number of hydrogen-bond donors (Lipinski definition) is 0. The van der Waals surface area contributed by atoms with Crippen molar-refractivity contribution < 1.29 is 0 Å². The van der Waals surface area contributed by atoms with Gasteiger partial charge < -0.3 is 0 Å². The Morgan fingerprint density at radius 3 is 1.06 bits per heavy atom. The summed E-state index contributed by atoms with van der Waals surface area (Å²) in [4.78, 5) is 0. The Hall–Kier alpha value is 1.73. The van der Waals surface area contributed by atoms with Gasteiger partial charge in [0.25, 0.3) is 0 Å². The quantitative estimate of drug-likeness (QED) is 0.373. The molecule has 17 heavy (non-hydrogen) atoms. The summed E-state index contributed by atoms with van der Waals surface area (Å²) in [5.41, 5.74) is 0. The molecule has 0 saturated carbocycles. The first-order valence-corrected chi connectivity index (χ1v) is 13.4. The van der Waals surface area contributed by atoms with E-state index in [-0.39, 0.29) is 0 Å². The predicted molar refractivity (Wildman–Crippen MR) is 99.9 cm³/mol. The van der Waals surface area contributed by atoms with Crippen molar-refractivity contribution in [2.24, 2.45) is 0 Å². The van der Waals surface area contributed by atoms with Crippen LogP contribution < -0.4 is 0 Å². The molecule has 0 spiro atoms. The van der Waals surface area contributed by atoms with Crippen molar-refractivity contribution in [3.63, 3.8) is 0 Å². The molecule has 0 amide bonds. The highest BCUT2D eigenvalue weighted by Gasteiger charge is 2.30. The molecule has 106 valence electrons. The van der Waals surface area contributed by atoms with E-state index in [9.17, 15) is 0 Å². The molecule has 0 atom stereocenters. The van der Waals surface area contributed by atoms with Gasteiger partial charge in [-0.2, -0.15) is 0 Å². The van der Waals surface area contributed by atoms with E-state index in [0.29, 0.717) is 0 Å². The fourth-order valence-electron chi connectivity index (χ4n) is 1.82. The molecule has 5 heteroatoms. The molecule has 0 bridgehead atoms. The van der Waals surface area contributed by atoms with Crippen molar-refractivity contribution in [2.75, 3.05) is 26.2 Å². The van der Waals surface area contributed by atoms with Crippen molar-refractivity contribution in [1.29, 1.82) is 0 Å². The minimum atomic E-state index is -0.805. The summed E-state index contributed by atoms with van der Waals surface area (Å²) in [5, 5.41) is 0. The van der Waals surface area contributed by atoms with E-state index in [2.05, 4.69) is 78.7 Å². The topological polar surface area (TPSA) is 6.48 Å². The van der Waals surface area contributed by atoms with Gasteiger partial charge in [0, 0.05) is 68.6 Å². The summed E-state index contributed by atoms with van der Waals surface area (Å²) < 4.78 is 4.61. The maximum Gasteiger partial charge on any atom is 0.0169 e. The first-order chi connectivity index (χ1) is 8.04. The van der Waals surface area contributed by atoms with E-state index < -0.39 is 4.74 Å². The molecule has 0 aliphatic heterocycles. The lowest BCUT2D eigenvalue weighted by molar-refractivity contribution is 0.403. The molecule has 0 heterocycles. The summed E-state index contributed by atoms with van der Waals surface area (Å²) >= 11 is 5.43. The van der Waals surface area contributed by atoms with E-state index in [1.165, 1.54) is 51.9 Å². The fourth-order valence-corrected chi connectivity index (χ4v) is 8.49. The van der Waals surface area contributed by atoms with Crippen LogP contribution in [0.5, 0.6) is 0 Å². The Labute approximate surface area is 134 Å². The lowest BCUT2D eigenvalue weighted by Crippen LogP contribution is -2.35. The lowest BCUT2D eigenvalue weighted by atomic mass is 10.4. The van der Waals surface area contributed by atoms with Crippen LogP contribution in [-0.4, -0.2) is 34.8 Å². The Morgan fingerprint density at radius 2 is 0.882 bits per heavy atom. The lowest BCUT2D eigenvalue weighted by Gasteiger charge is -2.47. The van der Waals surface area contributed by atoms with Crippen LogP contribution in [0.4, 0.5) is 0 Å². The van der Waals surface area contributed by atoms with Gasteiger partial charge in [-0.25, -0.2) is 8.61 Å². The molecule has 0 unspecified atom stereocenters. The zero-order valence-corrected chi connectivity index (χ0v) is 16.8. The molecule has 0 aliphatic rings. The van der Waals surface area contributed by atoms with Crippen molar-refractivity contribution >= 4 is 47.2 Å². The Bertz CT molecular complexity index is 161. The molecule has 0 saturated heterocycles. The van der Waals surface area contributed by atoms with Crippen molar-refractivity contribution in [2.45, 2.75) is 53.4 Å². The summed E-state index contributed by atoms with van der Waals surface area (Å²) in [6.07, 6.45) is 5.03. The smallest absolute Gasteiger partial charge is 0.0169 e. The van der Waals surface area contributed by atoms with Gasteiger partial charge in [0.1, 0.15) is 0 Å². The summed E-state index contributed by atoms with van der Waals surface area (Å²) in [5.74, 6) is 0. The third-order valence-electron chi connectivity index (χ3n) is 2.51. The number of hydrogen-bond acceptors (Lipinski definition) is 2. The molecule has 0 radical (unpaired) electrons. The average Bonchev–Trinajstić information content (AvgIpc) is 2.28. The zero-order valence-electron chi connectivity index (χ0n) is 11.7. The van der Waals surface area contributed by atoms with E-state index in [4.69, 9.17) is 0 Å². The molecular formula is C12H28I2N2S. The van der Waals surface area contributed by atoms with Crippen LogP contribution in [0.25, 0.3) is 0 Å². The maximum atomic E-state index is 2.72. The second-order valence-corrected chi connectivity index (χ2v) is 18.6. The van der Waals surface area contributed by atoms with Gasteiger partial charge in [-0.1, -0.05) is 27.7 Å². The summed E-state index contributed by atoms with van der Waals surface area (Å²) in [6.45, 7) is 14.1. The first kappa shape index (κ1) is 18.7. The molecular weight excluding hydrogens is 458 g/mol. The first-order valence-electron chi connectivity index (χ1n) is 6.77. The van der Waals surface area contributed by atoms with Gasteiger partial charge in [0.2, 0.25) is 0 Å². The van der Waals surface area contributed by atoms with Crippen LogP contribution in [0.3, 0.4) is 0 Å². The standard InChI is InChI=1S/C12H28I2N2S/c1-5-9-15(10-6-2)17(13,14)16(11-7-3)12-8-4/h5-12H2,1-4H3. The van der Waals surface area contributed by atoms with Gasteiger partial charge in [-0.15, -0.1) is 0 Å². The van der Waals surface area contributed by atoms with Crippen LogP contribution in [-0.2, 0) is 0 Å². The highest BCUT2D eigenvalue weighted by molar-refractivity contribution is 14.3. The number of halogens is 2. The molecule has 0 aromatic heterocycles. The van der Waals surface area contributed by atoms with Gasteiger partial charge in [-0.3, -0.25) is 0 Å². The largest absolute Gasteiger partial charge is 0.240 e. The average molecular weight is 486 g/mol. The van der Waals surface area contributed by atoms with Gasteiger partial charge >= 0.3 is 0 Å². The van der Waals surface area contributed by atoms with Crippen molar-refractivity contribution in [3.8, 4) is 0 Å². The Kier molecular flexibility index (Phi) is 11.6. The van der Waals surface area contributed by atoms with E-state index in [0.717, 1.165) is 0 Å². The van der Waals surface area contributed by atoms with Crippen LogP contribution in [0, 0.1) is 0 Å². The van der Waals surface area contributed by atoms with Crippen molar-refractivity contribution in [3.05, 3.63) is 0 Å². The third-order valence-corrected chi connectivity index (χ3v) is 11.2. The Balaban J connectivity index is 4.71. The van der Waals surface area contributed by atoms with Gasteiger partial charge in [-0.05, 0) is 30.4 Å². The van der Waals surface area contributed by atoms with Crippen LogP contribution in [0.2, 0.25) is 0 Å². The van der Waals surface area contributed by atoms with E-state index in [1.807, 2.05) is 0 Å². The van der Waals surface area contributed by atoms with Gasteiger partial charge in [0.05, 0.1) is 0 Å². The molecule has 0 aliphatic carbocycles. The molecule has 0 aromatic carbocycles. The van der Waals surface area contributed by atoms with Gasteiger partial charge in [0.15, 0.2) is 0 Å². The van der Waals surface area contributed by atoms with Crippen LogP contribution in [0.1, 0.15) is 53.4 Å². The second kappa shape index (κ2) is 10.5. The van der Waals surface area contributed by atoms with Crippen LogP contribution in [0.15, 0.2) is 0 Å². The SMILES string of the molecule is CCCN(CCC)S(I)(I)N(CCC)CCC. The zero-order chi connectivity index (χ0) is 13.3. The van der Waals surface area contributed by atoms with E-state index in [1.54, 1.807) is 0 Å². The second-order valence-electron chi connectivity index (χ2n) is 4.27. The highest BCUT2D eigenvalue weighted by atomic mass is 127. The number of nitrogens with zero attached hydrogens (tertiary/aromatic N) is 2. The normalized spacial score (nSPS) is 13.6. The molecule has 2 nitrogen and oxygen atoms in total. The third kappa shape index (κ3) is 6.63. The van der Waals surface area contributed by atoms with E-state index >= 15 is 0 Å². The predicted octanol–water partition coefficient (Wildman–Crippen LogP) is 5.57. The molecule has 0 fully saturated rings. The highest BCUT2D eigenvalue weighted by Crippen LogP contribution is 2.69. The summed E-state index contributed by atoms with van der Waals surface area (Å²) in [7, 11) is 0. The number of rotatable bonds is 10. The minimum Gasteiger partial charge on any atom is -0.240 e. The molecule has 0 N–H and O–H groups in total.